The number of rotatable bonds is 6. The molecule has 1 aromatic rings. The molecule has 1 aliphatic rings. The van der Waals surface area contributed by atoms with E-state index in [2.05, 4.69) is 22.8 Å². The lowest BCUT2D eigenvalue weighted by molar-refractivity contribution is -0.127. The average molecular weight is 360 g/mol. The van der Waals surface area contributed by atoms with Crippen LogP contribution in [0.2, 0.25) is 0 Å². The van der Waals surface area contributed by atoms with Gasteiger partial charge in [0.1, 0.15) is 0 Å². The summed E-state index contributed by atoms with van der Waals surface area (Å²) in [6.45, 7) is 8.09. The van der Waals surface area contributed by atoms with Gasteiger partial charge in [-0.1, -0.05) is 37.0 Å². The zero-order valence-electron chi connectivity index (χ0n) is 16.8. The van der Waals surface area contributed by atoms with Gasteiger partial charge in [-0.15, -0.1) is 0 Å². The summed E-state index contributed by atoms with van der Waals surface area (Å²) in [5.41, 5.74) is 4.17. The maximum absolute atomic E-state index is 12.5. The van der Waals surface area contributed by atoms with E-state index in [9.17, 15) is 9.59 Å². The summed E-state index contributed by atoms with van der Waals surface area (Å²) < 4.78 is 0. The van der Waals surface area contributed by atoms with Crippen LogP contribution in [0.25, 0.3) is 0 Å². The van der Waals surface area contributed by atoms with E-state index in [-0.39, 0.29) is 24.4 Å². The third-order valence-electron chi connectivity index (χ3n) is 5.33. The number of carbonyl (C=O) groups excluding carboxylic acids is 2. The van der Waals surface area contributed by atoms with Crippen molar-refractivity contribution < 1.29 is 9.59 Å². The zero-order chi connectivity index (χ0) is 19.3. The molecule has 0 heterocycles. The van der Waals surface area contributed by atoms with Gasteiger partial charge in [-0.05, 0) is 58.7 Å². The summed E-state index contributed by atoms with van der Waals surface area (Å²) in [7, 11) is 1.82. The second kappa shape index (κ2) is 9.17. The van der Waals surface area contributed by atoms with Gasteiger partial charge in [-0.25, -0.2) is 0 Å². The highest BCUT2D eigenvalue weighted by Gasteiger charge is 2.23. The molecule has 0 spiro atoms. The average Bonchev–Trinajstić information content (AvgIpc) is 2.58. The molecule has 1 aliphatic carbocycles. The van der Waals surface area contributed by atoms with Crippen LogP contribution in [0, 0.1) is 20.8 Å². The van der Waals surface area contributed by atoms with Crippen molar-refractivity contribution in [3.05, 3.63) is 28.8 Å². The second-order valence-electron chi connectivity index (χ2n) is 7.76. The number of likely N-dealkylation sites (N-methyl/N-ethyl adjacent to an activating group) is 1. The Labute approximate surface area is 157 Å². The van der Waals surface area contributed by atoms with E-state index < -0.39 is 0 Å². The Balaban J connectivity index is 1.88. The minimum atomic E-state index is -0.331. The number of hydrogen-bond acceptors (Lipinski definition) is 3. The van der Waals surface area contributed by atoms with Crippen LogP contribution in [-0.4, -0.2) is 42.4 Å². The minimum absolute atomic E-state index is 0.00916. The molecule has 0 aromatic heterocycles. The van der Waals surface area contributed by atoms with Gasteiger partial charge < -0.3 is 10.6 Å². The van der Waals surface area contributed by atoms with E-state index in [1.165, 1.54) is 24.8 Å². The van der Waals surface area contributed by atoms with Gasteiger partial charge in [0.05, 0.1) is 12.6 Å². The number of amides is 2. The summed E-state index contributed by atoms with van der Waals surface area (Å²) in [6, 6.07) is 4.08. The van der Waals surface area contributed by atoms with Crippen LogP contribution in [0.3, 0.4) is 0 Å². The van der Waals surface area contributed by atoms with Crippen molar-refractivity contribution in [1.82, 2.24) is 10.2 Å². The molecule has 5 heteroatoms. The molecular weight excluding hydrogens is 326 g/mol. The van der Waals surface area contributed by atoms with E-state index in [4.69, 9.17) is 0 Å². The zero-order valence-corrected chi connectivity index (χ0v) is 16.8. The highest BCUT2D eigenvalue weighted by molar-refractivity contribution is 5.94. The van der Waals surface area contributed by atoms with Gasteiger partial charge in [0.25, 0.3) is 0 Å². The first kappa shape index (κ1) is 20.4. The fourth-order valence-corrected chi connectivity index (χ4v) is 3.69. The molecule has 0 saturated heterocycles. The Bertz CT molecular complexity index is 628. The Hall–Kier alpha value is -1.88. The van der Waals surface area contributed by atoms with E-state index in [1.807, 2.05) is 34.7 Å². The molecule has 1 fully saturated rings. The van der Waals surface area contributed by atoms with Crippen molar-refractivity contribution in [3.8, 4) is 0 Å². The standard InChI is InChI=1S/C21H33N3O2/c1-14-11-15(2)20(16(3)12-14)23-19(25)13-24(5)17(4)21(26)22-18-9-7-6-8-10-18/h11-12,17-18H,6-10,13H2,1-5H3,(H,22,26)(H,23,25). The quantitative estimate of drug-likeness (QED) is 0.819. The number of anilines is 1. The number of nitrogens with zero attached hydrogens (tertiary/aromatic N) is 1. The monoisotopic (exact) mass is 359 g/mol. The van der Waals surface area contributed by atoms with Crippen molar-refractivity contribution in [2.24, 2.45) is 0 Å². The maximum Gasteiger partial charge on any atom is 0.238 e. The van der Waals surface area contributed by atoms with Gasteiger partial charge in [-0.3, -0.25) is 14.5 Å². The lowest BCUT2D eigenvalue weighted by atomic mass is 9.95. The number of hydrogen-bond donors (Lipinski definition) is 2. The molecule has 5 nitrogen and oxygen atoms in total. The molecule has 1 atom stereocenters. The van der Waals surface area contributed by atoms with Crippen molar-refractivity contribution in [3.63, 3.8) is 0 Å². The van der Waals surface area contributed by atoms with Crippen LogP contribution in [0.1, 0.15) is 55.7 Å². The first-order chi connectivity index (χ1) is 12.3. The van der Waals surface area contributed by atoms with Gasteiger partial charge in [0, 0.05) is 11.7 Å². The lowest BCUT2D eigenvalue weighted by Crippen LogP contribution is -2.49. The molecule has 2 amide bonds. The number of carbonyl (C=O) groups is 2. The number of nitrogens with one attached hydrogen (secondary N) is 2. The number of benzene rings is 1. The molecule has 1 unspecified atom stereocenters. The van der Waals surface area contributed by atoms with Crippen molar-refractivity contribution in [2.75, 3.05) is 18.9 Å². The maximum atomic E-state index is 12.5. The Morgan fingerprint density at radius 3 is 2.27 bits per heavy atom. The van der Waals surface area contributed by atoms with Crippen LogP contribution in [0.15, 0.2) is 12.1 Å². The van der Waals surface area contributed by atoms with Gasteiger partial charge in [-0.2, -0.15) is 0 Å². The summed E-state index contributed by atoms with van der Waals surface area (Å²) in [6.07, 6.45) is 5.77. The van der Waals surface area contributed by atoms with Crippen molar-refractivity contribution in [2.45, 2.75) is 71.9 Å². The van der Waals surface area contributed by atoms with Crippen LogP contribution in [0.4, 0.5) is 5.69 Å². The van der Waals surface area contributed by atoms with Crippen LogP contribution < -0.4 is 10.6 Å². The fourth-order valence-electron chi connectivity index (χ4n) is 3.69. The minimum Gasteiger partial charge on any atom is -0.352 e. The molecule has 0 bridgehead atoms. The largest absolute Gasteiger partial charge is 0.352 e. The summed E-state index contributed by atoms with van der Waals surface area (Å²) in [4.78, 5) is 26.7. The Kier molecular flexibility index (Phi) is 7.21. The normalized spacial score (nSPS) is 16.4. The molecule has 144 valence electrons. The van der Waals surface area contributed by atoms with E-state index in [0.29, 0.717) is 6.04 Å². The highest BCUT2D eigenvalue weighted by Crippen LogP contribution is 2.22. The summed E-state index contributed by atoms with van der Waals surface area (Å²) in [5.74, 6) is -0.0882. The molecular formula is C21H33N3O2. The van der Waals surface area contributed by atoms with Gasteiger partial charge in [0.15, 0.2) is 0 Å². The summed E-state index contributed by atoms with van der Waals surface area (Å²) >= 11 is 0. The van der Waals surface area contributed by atoms with Crippen molar-refractivity contribution in [1.29, 1.82) is 0 Å². The predicted octanol–water partition coefficient (Wildman–Crippen LogP) is 3.32. The first-order valence-corrected chi connectivity index (χ1v) is 9.66. The third-order valence-corrected chi connectivity index (χ3v) is 5.33. The smallest absolute Gasteiger partial charge is 0.238 e. The first-order valence-electron chi connectivity index (χ1n) is 9.66. The second-order valence-corrected chi connectivity index (χ2v) is 7.76. The van der Waals surface area contributed by atoms with Gasteiger partial charge in [0.2, 0.25) is 11.8 Å². The third kappa shape index (κ3) is 5.56. The predicted molar refractivity (Wildman–Crippen MR) is 106 cm³/mol. The van der Waals surface area contributed by atoms with E-state index in [1.54, 1.807) is 4.90 Å². The molecule has 0 aliphatic heterocycles. The lowest BCUT2D eigenvalue weighted by Gasteiger charge is -2.28. The molecule has 2 rings (SSSR count). The SMILES string of the molecule is Cc1cc(C)c(NC(=O)CN(C)C(C)C(=O)NC2CCCCC2)c(C)c1. The fraction of sp³-hybridized carbons (Fsp3) is 0.619. The van der Waals surface area contributed by atoms with Crippen LogP contribution >= 0.6 is 0 Å². The van der Waals surface area contributed by atoms with Gasteiger partial charge >= 0.3 is 0 Å². The highest BCUT2D eigenvalue weighted by atomic mass is 16.2. The Morgan fingerprint density at radius 1 is 1.12 bits per heavy atom. The van der Waals surface area contributed by atoms with Crippen molar-refractivity contribution >= 4 is 17.5 Å². The Morgan fingerprint density at radius 2 is 1.69 bits per heavy atom. The summed E-state index contributed by atoms with van der Waals surface area (Å²) in [5, 5.41) is 6.13. The van der Waals surface area contributed by atoms with Crippen LogP contribution in [0.5, 0.6) is 0 Å². The van der Waals surface area contributed by atoms with E-state index >= 15 is 0 Å². The topological polar surface area (TPSA) is 61.4 Å². The molecule has 1 saturated carbocycles. The van der Waals surface area contributed by atoms with Crippen LogP contribution in [-0.2, 0) is 9.59 Å². The van der Waals surface area contributed by atoms with E-state index in [0.717, 1.165) is 29.7 Å². The molecule has 1 aromatic carbocycles. The molecule has 26 heavy (non-hydrogen) atoms. The molecule has 2 N–H and O–H groups in total. The molecule has 0 radical (unpaired) electrons. The number of aryl methyl sites for hydroxylation is 3.